The second-order valence-electron chi connectivity index (χ2n) is 7.03. The summed E-state index contributed by atoms with van der Waals surface area (Å²) >= 11 is 17.1. The number of thioether (sulfide) groups is 1. The highest BCUT2D eigenvalue weighted by atomic mass is 79.9. The summed E-state index contributed by atoms with van der Waals surface area (Å²) in [6.45, 7) is -0.582. The Hall–Kier alpha value is -1.88. The van der Waals surface area contributed by atoms with Crippen LogP contribution >= 0.6 is 50.9 Å². The van der Waals surface area contributed by atoms with Gasteiger partial charge < -0.3 is 0 Å². The summed E-state index contributed by atoms with van der Waals surface area (Å²) < 4.78 is 28.5. The first-order chi connectivity index (χ1) is 16.2. The monoisotopic (exact) mass is 599 g/mol. The van der Waals surface area contributed by atoms with Crippen LogP contribution in [0, 0.1) is 0 Å². The number of hydrogen-bond donors (Lipinski definition) is 1. The molecule has 0 fully saturated rings. The first-order valence-electron chi connectivity index (χ1n) is 9.84. The zero-order valence-corrected chi connectivity index (χ0v) is 22.6. The van der Waals surface area contributed by atoms with E-state index in [1.807, 2.05) is 30.5 Å². The van der Waals surface area contributed by atoms with E-state index in [-0.39, 0.29) is 11.4 Å². The SMILES string of the molecule is CSc1ccc(/C=N/NC(=O)CN(Cc2ccc(Cl)cc2Cl)S(=O)(=O)c2ccc(Br)cc2)cc1. The van der Waals surface area contributed by atoms with Crippen molar-refractivity contribution in [3.63, 3.8) is 0 Å². The van der Waals surface area contributed by atoms with Gasteiger partial charge in [0.05, 0.1) is 17.7 Å². The Morgan fingerprint density at radius 3 is 2.38 bits per heavy atom. The van der Waals surface area contributed by atoms with E-state index in [4.69, 9.17) is 23.2 Å². The van der Waals surface area contributed by atoms with Gasteiger partial charge in [0.15, 0.2) is 0 Å². The van der Waals surface area contributed by atoms with Crippen molar-refractivity contribution in [2.24, 2.45) is 5.10 Å². The van der Waals surface area contributed by atoms with Crippen LogP contribution in [0.5, 0.6) is 0 Å². The van der Waals surface area contributed by atoms with Crippen LogP contribution in [0.15, 0.2) is 86.1 Å². The van der Waals surface area contributed by atoms with Gasteiger partial charge in [-0.3, -0.25) is 4.79 Å². The van der Waals surface area contributed by atoms with Crippen LogP contribution in [0.1, 0.15) is 11.1 Å². The van der Waals surface area contributed by atoms with Crippen LogP contribution in [0.3, 0.4) is 0 Å². The van der Waals surface area contributed by atoms with Crippen molar-refractivity contribution < 1.29 is 13.2 Å². The number of hydrazone groups is 1. The molecule has 0 aliphatic carbocycles. The Morgan fingerprint density at radius 2 is 1.76 bits per heavy atom. The molecule has 0 aliphatic heterocycles. The van der Waals surface area contributed by atoms with E-state index in [1.165, 1.54) is 24.4 Å². The molecule has 1 amide bonds. The normalized spacial score (nSPS) is 11.8. The minimum Gasteiger partial charge on any atom is -0.272 e. The third-order valence-corrected chi connectivity index (χ3v) is 8.32. The number of sulfonamides is 1. The summed E-state index contributed by atoms with van der Waals surface area (Å²) in [6, 6.07) is 18.5. The van der Waals surface area contributed by atoms with Crippen molar-refractivity contribution in [2.45, 2.75) is 16.3 Å². The van der Waals surface area contributed by atoms with Crippen LogP contribution in [-0.2, 0) is 21.4 Å². The van der Waals surface area contributed by atoms with Crippen LogP contribution in [0.4, 0.5) is 0 Å². The van der Waals surface area contributed by atoms with E-state index in [0.29, 0.717) is 15.6 Å². The van der Waals surface area contributed by atoms with E-state index in [2.05, 4.69) is 26.5 Å². The molecule has 0 aromatic heterocycles. The highest BCUT2D eigenvalue weighted by Crippen LogP contribution is 2.26. The molecule has 0 saturated heterocycles. The molecule has 3 aromatic rings. The van der Waals surface area contributed by atoms with Gasteiger partial charge in [-0.1, -0.05) is 57.3 Å². The number of halogens is 3. The highest BCUT2D eigenvalue weighted by molar-refractivity contribution is 9.10. The first kappa shape index (κ1) is 26.7. The number of nitrogens with zero attached hydrogens (tertiary/aromatic N) is 2. The fourth-order valence-corrected chi connectivity index (χ4v) is 5.40. The molecule has 6 nitrogen and oxygen atoms in total. The lowest BCUT2D eigenvalue weighted by Crippen LogP contribution is -2.39. The topological polar surface area (TPSA) is 78.8 Å². The van der Waals surface area contributed by atoms with Crippen molar-refractivity contribution in [1.82, 2.24) is 9.73 Å². The van der Waals surface area contributed by atoms with E-state index < -0.39 is 22.5 Å². The first-order valence-corrected chi connectivity index (χ1v) is 14.1. The molecule has 0 heterocycles. The lowest BCUT2D eigenvalue weighted by molar-refractivity contribution is -0.121. The smallest absolute Gasteiger partial charge is 0.255 e. The zero-order chi connectivity index (χ0) is 24.7. The number of amides is 1. The van der Waals surface area contributed by atoms with Gasteiger partial charge in [0.1, 0.15) is 0 Å². The molecular formula is C23H20BrCl2N3O3S2. The quantitative estimate of drug-likeness (QED) is 0.191. The zero-order valence-electron chi connectivity index (χ0n) is 17.9. The van der Waals surface area contributed by atoms with Crippen LogP contribution < -0.4 is 5.43 Å². The van der Waals surface area contributed by atoms with Crippen molar-refractivity contribution in [1.29, 1.82) is 0 Å². The lowest BCUT2D eigenvalue weighted by atomic mass is 10.2. The van der Waals surface area contributed by atoms with Crippen LogP contribution in [-0.4, -0.2) is 37.6 Å². The maximum Gasteiger partial charge on any atom is 0.255 e. The fraction of sp³-hybridized carbons (Fsp3) is 0.130. The Labute approximate surface area is 221 Å². The molecule has 0 unspecified atom stereocenters. The maximum atomic E-state index is 13.3. The number of carbonyl (C=O) groups is 1. The molecule has 0 radical (unpaired) electrons. The van der Waals surface area contributed by atoms with Gasteiger partial charge in [-0.15, -0.1) is 11.8 Å². The van der Waals surface area contributed by atoms with E-state index in [0.717, 1.165) is 19.2 Å². The van der Waals surface area contributed by atoms with E-state index in [9.17, 15) is 13.2 Å². The molecule has 1 N–H and O–H groups in total. The van der Waals surface area contributed by atoms with Gasteiger partial charge in [0.25, 0.3) is 5.91 Å². The molecule has 34 heavy (non-hydrogen) atoms. The standard InChI is InChI=1S/C23H20BrCl2N3O3S2/c1-33-20-8-2-16(3-9-20)13-27-28-23(30)15-29(14-17-4-7-19(25)12-22(17)26)34(31,32)21-10-5-18(24)6-11-21/h2-13H,14-15H2,1H3,(H,28,30)/b27-13+. The van der Waals surface area contributed by atoms with Crippen molar-refractivity contribution in [2.75, 3.05) is 12.8 Å². The molecule has 0 atom stereocenters. The summed E-state index contributed by atoms with van der Waals surface area (Å²) in [5.74, 6) is -0.595. The fourth-order valence-electron chi connectivity index (χ4n) is 2.89. The Balaban J connectivity index is 1.80. The number of carbonyl (C=O) groups excluding carboxylic acids is 1. The van der Waals surface area contributed by atoms with Crippen molar-refractivity contribution >= 4 is 73.0 Å². The van der Waals surface area contributed by atoms with Gasteiger partial charge in [-0.05, 0) is 65.9 Å². The Bertz CT molecular complexity index is 1290. The molecule has 0 bridgehead atoms. The summed E-state index contributed by atoms with van der Waals surface area (Å²) in [5, 5.41) is 4.68. The third kappa shape index (κ3) is 7.31. The molecule has 11 heteroatoms. The minimum atomic E-state index is -4.02. The molecule has 3 aromatic carbocycles. The molecule has 0 spiro atoms. The average Bonchev–Trinajstić information content (AvgIpc) is 2.81. The highest BCUT2D eigenvalue weighted by Gasteiger charge is 2.27. The molecule has 3 rings (SSSR count). The second-order valence-corrected chi connectivity index (χ2v) is 11.6. The second kappa shape index (κ2) is 12.2. The van der Waals surface area contributed by atoms with Gasteiger partial charge in [-0.2, -0.15) is 9.41 Å². The predicted molar refractivity (Wildman–Crippen MR) is 142 cm³/mol. The Kier molecular flexibility index (Phi) is 9.58. The number of hydrogen-bond acceptors (Lipinski definition) is 5. The number of rotatable bonds is 9. The number of benzene rings is 3. The Morgan fingerprint density at radius 1 is 1.09 bits per heavy atom. The van der Waals surface area contributed by atoms with Crippen molar-refractivity contribution in [3.8, 4) is 0 Å². The van der Waals surface area contributed by atoms with Crippen LogP contribution in [0.2, 0.25) is 10.0 Å². The number of nitrogens with one attached hydrogen (secondary N) is 1. The summed E-state index contributed by atoms with van der Waals surface area (Å²) in [7, 11) is -4.02. The van der Waals surface area contributed by atoms with Gasteiger partial charge in [-0.25, -0.2) is 13.8 Å². The minimum absolute atomic E-state index is 0.0472. The molecular weight excluding hydrogens is 581 g/mol. The molecule has 0 saturated carbocycles. The predicted octanol–water partition coefficient (Wildman–Crippen LogP) is 5.82. The summed E-state index contributed by atoms with van der Waals surface area (Å²) in [4.78, 5) is 13.8. The summed E-state index contributed by atoms with van der Waals surface area (Å²) in [5.41, 5.74) is 3.70. The lowest BCUT2D eigenvalue weighted by Gasteiger charge is -2.22. The van der Waals surface area contributed by atoms with E-state index >= 15 is 0 Å². The van der Waals surface area contributed by atoms with Gasteiger partial charge >= 0.3 is 0 Å². The third-order valence-electron chi connectivity index (χ3n) is 4.65. The van der Waals surface area contributed by atoms with Gasteiger partial charge in [0, 0.05) is 26.0 Å². The van der Waals surface area contributed by atoms with Crippen LogP contribution in [0.25, 0.3) is 0 Å². The molecule has 178 valence electrons. The largest absolute Gasteiger partial charge is 0.272 e. The summed E-state index contributed by atoms with van der Waals surface area (Å²) in [6.07, 6.45) is 3.47. The van der Waals surface area contributed by atoms with E-state index in [1.54, 1.807) is 36.0 Å². The molecule has 0 aliphatic rings. The average molecular weight is 601 g/mol. The van der Waals surface area contributed by atoms with Crippen molar-refractivity contribution in [3.05, 3.63) is 92.4 Å². The van der Waals surface area contributed by atoms with Gasteiger partial charge in [0.2, 0.25) is 10.0 Å². The maximum absolute atomic E-state index is 13.3.